The van der Waals surface area contributed by atoms with Gasteiger partial charge in [-0.15, -0.1) is 0 Å². The van der Waals surface area contributed by atoms with Crippen molar-refractivity contribution in [1.29, 1.82) is 0 Å². The molecule has 0 unspecified atom stereocenters. The van der Waals surface area contributed by atoms with Crippen molar-refractivity contribution < 1.29 is 14.6 Å². The Hall–Kier alpha value is -1.53. The number of carboxylic acids is 1. The van der Waals surface area contributed by atoms with E-state index in [4.69, 9.17) is 9.84 Å². The number of aromatic nitrogens is 2. The number of rotatable bonds is 5. The summed E-state index contributed by atoms with van der Waals surface area (Å²) in [7, 11) is 1.73. The Morgan fingerprint density at radius 3 is 2.95 bits per heavy atom. The van der Waals surface area contributed by atoms with E-state index in [0.717, 1.165) is 29.0 Å². The van der Waals surface area contributed by atoms with Crippen LogP contribution in [0.4, 0.5) is 0 Å². The summed E-state index contributed by atoms with van der Waals surface area (Å²) < 4.78 is 7.50. The third-order valence-electron chi connectivity index (χ3n) is 3.66. The second-order valence-electron chi connectivity index (χ2n) is 4.92. The van der Waals surface area contributed by atoms with E-state index in [1.54, 1.807) is 7.11 Å². The average Bonchev–Trinajstić information content (AvgIpc) is 2.74. The maximum absolute atomic E-state index is 10.8. The Balaban J connectivity index is 1.94. The van der Waals surface area contributed by atoms with Crippen LogP contribution in [0.15, 0.2) is 29.4 Å². The first-order chi connectivity index (χ1) is 9.69. The highest BCUT2D eigenvalue weighted by Gasteiger charge is 2.33. The molecule has 20 heavy (non-hydrogen) atoms. The first kappa shape index (κ1) is 13.5. The maximum atomic E-state index is 10.8. The van der Waals surface area contributed by atoms with Crippen molar-refractivity contribution in [1.82, 2.24) is 9.55 Å². The van der Waals surface area contributed by atoms with Gasteiger partial charge >= 0.3 is 5.97 Å². The van der Waals surface area contributed by atoms with Crippen LogP contribution in [0.25, 0.3) is 11.0 Å². The summed E-state index contributed by atoms with van der Waals surface area (Å²) in [6.45, 7) is 0. The lowest BCUT2D eigenvalue weighted by Crippen LogP contribution is -2.32. The molecule has 0 bridgehead atoms. The zero-order valence-corrected chi connectivity index (χ0v) is 12.0. The summed E-state index contributed by atoms with van der Waals surface area (Å²) in [4.78, 5) is 15.3. The second-order valence-corrected chi connectivity index (χ2v) is 5.86. The average molecular weight is 292 g/mol. The Labute approximate surface area is 120 Å². The van der Waals surface area contributed by atoms with Crippen LogP contribution in [0.5, 0.6) is 0 Å². The molecule has 2 aromatic rings. The van der Waals surface area contributed by atoms with Crippen LogP contribution in [-0.4, -0.2) is 39.6 Å². The zero-order valence-electron chi connectivity index (χ0n) is 11.2. The van der Waals surface area contributed by atoms with E-state index < -0.39 is 5.97 Å². The molecule has 1 aromatic carbocycles. The number of carboxylic acid groups (broad SMARTS) is 1. The highest BCUT2D eigenvalue weighted by atomic mass is 32.2. The minimum absolute atomic E-state index is 0.0315. The van der Waals surface area contributed by atoms with Gasteiger partial charge in [0.15, 0.2) is 5.16 Å². The van der Waals surface area contributed by atoms with Gasteiger partial charge in [-0.1, -0.05) is 23.9 Å². The number of para-hydroxylation sites is 2. The number of hydrogen-bond acceptors (Lipinski definition) is 4. The van der Waals surface area contributed by atoms with Gasteiger partial charge in [0.1, 0.15) is 0 Å². The van der Waals surface area contributed by atoms with Crippen molar-refractivity contribution in [2.45, 2.75) is 30.1 Å². The number of fused-ring (bicyclic) bond motifs is 1. The van der Waals surface area contributed by atoms with E-state index in [0.29, 0.717) is 12.1 Å². The molecule has 1 aliphatic carbocycles. The van der Waals surface area contributed by atoms with E-state index in [2.05, 4.69) is 9.55 Å². The normalized spacial score (nSPS) is 21.9. The van der Waals surface area contributed by atoms with E-state index >= 15 is 0 Å². The van der Waals surface area contributed by atoms with Crippen LogP contribution in [0.2, 0.25) is 0 Å². The van der Waals surface area contributed by atoms with Crippen LogP contribution < -0.4 is 0 Å². The molecule has 0 spiro atoms. The number of benzene rings is 1. The summed E-state index contributed by atoms with van der Waals surface area (Å²) in [5, 5.41) is 9.64. The van der Waals surface area contributed by atoms with Gasteiger partial charge in [-0.2, -0.15) is 0 Å². The highest BCUT2D eigenvalue weighted by molar-refractivity contribution is 7.99. The molecule has 3 rings (SSSR count). The molecule has 1 fully saturated rings. The number of carbonyl (C=O) groups is 1. The second kappa shape index (κ2) is 5.46. The van der Waals surface area contributed by atoms with Gasteiger partial charge < -0.3 is 14.4 Å². The minimum atomic E-state index is -0.822. The lowest BCUT2D eigenvalue weighted by atomic mass is 9.89. The number of thioether (sulfide) groups is 1. The third-order valence-corrected chi connectivity index (χ3v) is 4.59. The molecular weight excluding hydrogens is 276 g/mol. The van der Waals surface area contributed by atoms with Gasteiger partial charge in [-0.25, -0.2) is 4.98 Å². The van der Waals surface area contributed by atoms with Gasteiger partial charge in [0.05, 0.1) is 22.9 Å². The van der Waals surface area contributed by atoms with Crippen molar-refractivity contribution in [3.8, 4) is 0 Å². The number of ether oxygens (including phenoxy) is 1. The van der Waals surface area contributed by atoms with Crippen LogP contribution in [0.1, 0.15) is 18.9 Å². The lowest BCUT2D eigenvalue weighted by Gasteiger charge is -2.36. The minimum Gasteiger partial charge on any atom is -0.481 e. The molecular formula is C14H16N2O3S. The summed E-state index contributed by atoms with van der Waals surface area (Å²) in [5.41, 5.74) is 1.99. The fourth-order valence-electron chi connectivity index (χ4n) is 2.54. The quantitative estimate of drug-likeness (QED) is 0.858. The van der Waals surface area contributed by atoms with Crippen molar-refractivity contribution in [3.63, 3.8) is 0 Å². The molecule has 1 N–H and O–H groups in total. The Morgan fingerprint density at radius 2 is 2.25 bits per heavy atom. The van der Waals surface area contributed by atoms with E-state index in [1.165, 1.54) is 11.8 Å². The Bertz CT molecular complexity index is 634. The molecule has 6 heteroatoms. The molecule has 106 valence electrons. The molecule has 5 nitrogen and oxygen atoms in total. The molecule has 0 atom stereocenters. The highest BCUT2D eigenvalue weighted by Crippen LogP contribution is 2.39. The molecule has 0 amide bonds. The van der Waals surface area contributed by atoms with Crippen molar-refractivity contribution in [2.75, 3.05) is 12.9 Å². The van der Waals surface area contributed by atoms with Crippen LogP contribution in [0, 0.1) is 0 Å². The summed E-state index contributed by atoms with van der Waals surface area (Å²) in [5.74, 6) is -0.791. The van der Waals surface area contributed by atoms with E-state index in [9.17, 15) is 4.79 Å². The standard InChI is InChI=1S/C14H16N2O3S/c1-19-10-6-9(7-10)16-12-5-3-2-4-11(12)15-14(16)20-8-13(17)18/h2-5,9-10H,6-8H2,1H3,(H,17,18). The monoisotopic (exact) mass is 292 g/mol. The van der Waals surface area contributed by atoms with Crippen molar-refractivity contribution in [3.05, 3.63) is 24.3 Å². The molecule has 1 heterocycles. The number of aliphatic carboxylic acids is 1. The number of hydrogen-bond donors (Lipinski definition) is 1. The Morgan fingerprint density at radius 1 is 1.50 bits per heavy atom. The van der Waals surface area contributed by atoms with Gasteiger partial charge in [-0.3, -0.25) is 4.79 Å². The summed E-state index contributed by atoms with van der Waals surface area (Å²) in [6.07, 6.45) is 2.22. The number of nitrogens with zero attached hydrogens (tertiary/aromatic N) is 2. The van der Waals surface area contributed by atoms with Gasteiger partial charge in [-0.05, 0) is 25.0 Å². The zero-order chi connectivity index (χ0) is 14.1. The van der Waals surface area contributed by atoms with Gasteiger partial charge in [0, 0.05) is 13.2 Å². The largest absolute Gasteiger partial charge is 0.481 e. The van der Waals surface area contributed by atoms with Gasteiger partial charge in [0.25, 0.3) is 0 Å². The molecule has 1 aromatic heterocycles. The molecule has 0 saturated heterocycles. The fraction of sp³-hybridized carbons (Fsp3) is 0.429. The first-order valence-electron chi connectivity index (χ1n) is 6.53. The predicted octanol–water partition coefficient (Wildman–Crippen LogP) is 2.56. The lowest BCUT2D eigenvalue weighted by molar-refractivity contribution is -0.133. The van der Waals surface area contributed by atoms with E-state index in [1.807, 2.05) is 24.3 Å². The smallest absolute Gasteiger partial charge is 0.313 e. The summed E-state index contributed by atoms with van der Waals surface area (Å²) >= 11 is 1.28. The molecule has 0 radical (unpaired) electrons. The van der Waals surface area contributed by atoms with Crippen LogP contribution in [-0.2, 0) is 9.53 Å². The van der Waals surface area contributed by atoms with Crippen molar-refractivity contribution >= 4 is 28.8 Å². The van der Waals surface area contributed by atoms with Gasteiger partial charge in [0.2, 0.25) is 0 Å². The predicted molar refractivity (Wildman–Crippen MR) is 77.2 cm³/mol. The summed E-state index contributed by atoms with van der Waals surface area (Å²) in [6, 6.07) is 8.28. The SMILES string of the molecule is COC1CC(n2c(SCC(=O)O)nc3ccccc32)C1. The van der Waals surface area contributed by atoms with Crippen LogP contribution >= 0.6 is 11.8 Å². The topological polar surface area (TPSA) is 64.3 Å². The maximum Gasteiger partial charge on any atom is 0.313 e. The molecule has 1 saturated carbocycles. The van der Waals surface area contributed by atoms with E-state index in [-0.39, 0.29) is 5.75 Å². The first-order valence-corrected chi connectivity index (χ1v) is 7.52. The number of methoxy groups -OCH3 is 1. The molecule has 1 aliphatic rings. The van der Waals surface area contributed by atoms with Crippen molar-refractivity contribution in [2.24, 2.45) is 0 Å². The fourth-order valence-corrected chi connectivity index (χ4v) is 3.35. The Kier molecular flexibility index (Phi) is 3.67. The van der Waals surface area contributed by atoms with Crippen LogP contribution in [0.3, 0.4) is 0 Å². The molecule has 0 aliphatic heterocycles. The number of imidazole rings is 1. The third kappa shape index (κ3) is 2.41.